The Kier molecular flexibility index (Phi) is 5.97. The van der Waals surface area contributed by atoms with E-state index >= 15 is 0 Å². The molecule has 0 saturated heterocycles. The summed E-state index contributed by atoms with van der Waals surface area (Å²) in [6.45, 7) is 0. The van der Waals surface area contributed by atoms with E-state index in [4.69, 9.17) is 0 Å². The highest BCUT2D eigenvalue weighted by Gasteiger charge is 2.33. The van der Waals surface area contributed by atoms with Crippen molar-refractivity contribution in [3.05, 3.63) is 63.1 Å². The van der Waals surface area contributed by atoms with Gasteiger partial charge in [0.2, 0.25) is 5.91 Å². The molecule has 0 unspecified atom stereocenters. The Labute approximate surface area is 166 Å². The zero-order valence-electron chi connectivity index (χ0n) is 14.8. The first-order valence-corrected chi connectivity index (χ1v) is 9.30. The van der Waals surface area contributed by atoms with Gasteiger partial charge in [0.1, 0.15) is 5.69 Å². The number of hydrogen-bond acceptors (Lipinski definition) is 6. The Morgan fingerprint density at radius 2 is 1.97 bits per heavy atom. The van der Waals surface area contributed by atoms with E-state index in [0.717, 1.165) is 21.3 Å². The molecule has 0 fully saturated rings. The number of thiazole rings is 1. The maximum absolute atomic E-state index is 12.7. The molecule has 0 aliphatic rings. The molecule has 0 atom stereocenters. The monoisotopic (exact) mass is 424 g/mol. The maximum atomic E-state index is 12.7. The smallest absolute Gasteiger partial charge is 0.292 e. The van der Waals surface area contributed by atoms with Crippen molar-refractivity contribution < 1.29 is 22.9 Å². The van der Waals surface area contributed by atoms with Crippen LogP contribution in [0.4, 0.5) is 24.5 Å². The number of nitrogens with zero attached hydrogens (tertiary/aromatic N) is 2. The van der Waals surface area contributed by atoms with Gasteiger partial charge in [-0.3, -0.25) is 25.8 Å². The van der Waals surface area contributed by atoms with Crippen LogP contribution in [0.1, 0.15) is 23.4 Å². The predicted molar refractivity (Wildman–Crippen MR) is 102 cm³/mol. The van der Waals surface area contributed by atoms with E-state index in [-0.39, 0.29) is 12.1 Å². The molecule has 11 heteroatoms. The second-order valence-electron chi connectivity index (χ2n) is 6.09. The van der Waals surface area contributed by atoms with Gasteiger partial charge in [0, 0.05) is 12.5 Å². The van der Waals surface area contributed by atoms with E-state index in [1.807, 2.05) is 24.3 Å². The zero-order chi connectivity index (χ0) is 21.0. The number of halogens is 3. The minimum atomic E-state index is -4.70. The van der Waals surface area contributed by atoms with Gasteiger partial charge in [-0.15, -0.1) is 11.3 Å². The average Bonchev–Trinajstić information content (AvgIpc) is 3.08. The number of benzene rings is 2. The van der Waals surface area contributed by atoms with Gasteiger partial charge in [-0.25, -0.2) is 4.98 Å². The van der Waals surface area contributed by atoms with Gasteiger partial charge in [-0.2, -0.15) is 13.2 Å². The fraction of sp³-hybridized carbons (Fsp3) is 0.222. The third-order valence-electron chi connectivity index (χ3n) is 3.99. The Bertz CT molecular complexity index is 1020. The van der Waals surface area contributed by atoms with Crippen LogP contribution in [0.15, 0.2) is 42.5 Å². The number of rotatable bonds is 7. The molecular weight excluding hydrogens is 409 g/mol. The van der Waals surface area contributed by atoms with Gasteiger partial charge in [-0.05, 0) is 37.1 Å². The first-order chi connectivity index (χ1) is 13.7. The third-order valence-corrected chi connectivity index (χ3v) is 5.09. The maximum Gasteiger partial charge on any atom is 0.416 e. The minimum Gasteiger partial charge on any atom is -0.292 e. The molecule has 0 aliphatic carbocycles. The summed E-state index contributed by atoms with van der Waals surface area (Å²) in [5.74, 6) is -0.444. The molecule has 2 aromatic carbocycles. The number of nitrogens with one attached hydrogen (secondary N) is 2. The Balaban J connectivity index is 1.54. The topological polar surface area (TPSA) is 97.2 Å². The van der Waals surface area contributed by atoms with Gasteiger partial charge < -0.3 is 0 Å². The minimum absolute atomic E-state index is 0.122. The number of aryl methyl sites for hydroxylation is 1. The van der Waals surface area contributed by atoms with Crippen LogP contribution in [0.5, 0.6) is 0 Å². The van der Waals surface area contributed by atoms with Crippen molar-refractivity contribution in [2.75, 3.05) is 5.43 Å². The number of nitro benzene ring substituents is 1. The molecule has 3 rings (SSSR count). The summed E-state index contributed by atoms with van der Waals surface area (Å²) < 4.78 is 39.2. The van der Waals surface area contributed by atoms with E-state index in [1.54, 1.807) is 11.3 Å². The van der Waals surface area contributed by atoms with Crippen molar-refractivity contribution in [1.29, 1.82) is 0 Å². The van der Waals surface area contributed by atoms with Crippen molar-refractivity contribution in [3.8, 4) is 0 Å². The second-order valence-corrected chi connectivity index (χ2v) is 7.20. The van der Waals surface area contributed by atoms with Crippen LogP contribution in [0.25, 0.3) is 10.2 Å². The highest BCUT2D eigenvalue weighted by molar-refractivity contribution is 7.18. The summed E-state index contributed by atoms with van der Waals surface area (Å²) >= 11 is 1.54. The molecule has 0 spiro atoms. The van der Waals surface area contributed by atoms with Crippen molar-refractivity contribution in [1.82, 2.24) is 10.4 Å². The molecule has 1 aromatic heterocycles. The number of carbonyl (C=O) groups excluding carboxylic acids is 1. The molecule has 0 saturated carbocycles. The highest BCUT2D eigenvalue weighted by Crippen LogP contribution is 2.34. The third kappa shape index (κ3) is 5.19. The van der Waals surface area contributed by atoms with Gasteiger partial charge >= 0.3 is 6.18 Å². The lowest BCUT2D eigenvalue weighted by Gasteiger charge is -2.11. The second kappa shape index (κ2) is 8.43. The van der Waals surface area contributed by atoms with Gasteiger partial charge in [0.15, 0.2) is 0 Å². The van der Waals surface area contributed by atoms with Crippen LogP contribution < -0.4 is 10.9 Å². The van der Waals surface area contributed by atoms with Crippen molar-refractivity contribution >= 4 is 38.8 Å². The van der Waals surface area contributed by atoms with Crippen LogP contribution in [0.3, 0.4) is 0 Å². The van der Waals surface area contributed by atoms with Crippen LogP contribution in [0.2, 0.25) is 0 Å². The number of anilines is 1. The van der Waals surface area contributed by atoms with Gasteiger partial charge in [0.25, 0.3) is 5.69 Å². The lowest BCUT2D eigenvalue weighted by molar-refractivity contribution is -0.384. The normalized spacial score (nSPS) is 11.4. The number of hydrogen-bond donors (Lipinski definition) is 2. The number of hydrazine groups is 1. The quantitative estimate of drug-likeness (QED) is 0.424. The fourth-order valence-electron chi connectivity index (χ4n) is 2.59. The Morgan fingerprint density at radius 1 is 1.21 bits per heavy atom. The molecule has 1 heterocycles. The number of carbonyl (C=O) groups is 1. The standard InChI is InChI=1S/C18H15F3N4O3S/c19-18(20,21)11-8-9-12(14(10-11)25(27)28)23-24-16(26)6-3-7-17-22-13-4-1-2-5-15(13)29-17/h1-2,4-5,8-10,23H,3,6-7H2,(H,24,26). The van der Waals surface area contributed by atoms with Crippen molar-refractivity contribution in [3.63, 3.8) is 0 Å². The molecular formula is C18H15F3N4O3S. The Hall–Kier alpha value is -3.21. The average molecular weight is 424 g/mol. The number of nitro groups is 1. The molecule has 0 bridgehead atoms. The largest absolute Gasteiger partial charge is 0.416 e. The summed E-state index contributed by atoms with van der Waals surface area (Å²) in [5.41, 5.74) is 3.33. The van der Waals surface area contributed by atoms with E-state index < -0.39 is 28.3 Å². The molecule has 0 aliphatic heterocycles. The SMILES string of the molecule is O=C(CCCc1nc2ccccc2s1)NNc1ccc(C(F)(F)F)cc1[N+](=O)[O-]. The molecule has 2 N–H and O–H groups in total. The molecule has 1 amide bonds. The van der Waals surface area contributed by atoms with E-state index in [0.29, 0.717) is 25.0 Å². The van der Waals surface area contributed by atoms with E-state index in [1.165, 1.54) is 0 Å². The molecule has 0 radical (unpaired) electrons. The Morgan fingerprint density at radius 3 is 2.66 bits per heavy atom. The summed E-state index contributed by atoms with van der Waals surface area (Å²) in [6.07, 6.45) is -3.49. The summed E-state index contributed by atoms with van der Waals surface area (Å²) in [4.78, 5) is 26.5. The van der Waals surface area contributed by atoms with Crippen LogP contribution in [-0.2, 0) is 17.4 Å². The van der Waals surface area contributed by atoms with Crippen LogP contribution in [0, 0.1) is 10.1 Å². The van der Waals surface area contributed by atoms with Crippen LogP contribution >= 0.6 is 11.3 Å². The highest BCUT2D eigenvalue weighted by atomic mass is 32.1. The number of fused-ring (bicyclic) bond motifs is 1. The van der Waals surface area contributed by atoms with E-state index in [2.05, 4.69) is 15.8 Å². The summed E-state index contributed by atoms with van der Waals surface area (Å²) in [6, 6.07) is 9.71. The molecule has 29 heavy (non-hydrogen) atoms. The van der Waals surface area contributed by atoms with Crippen LogP contribution in [-0.4, -0.2) is 15.8 Å². The van der Waals surface area contributed by atoms with Crippen molar-refractivity contribution in [2.45, 2.75) is 25.4 Å². The fourth-order valence-corrected chi connectivity index (χ4v) is 3.60. The molecule has 152 valence electrons. The lowest BCUT2D eigenvalue weighted by atomic mass is 10.1. The molecule has 3 aromatic rings. The van der Waals surface area contributed by atoms with E-state index in [9.17, 15) is 28.1 Å². The lowest BCUT2D eigenvalue weighted by Crippen LogP contribution is -2.29. The number of para-hydroxylation sites is 1. The predicted octanol–water partition coefficient (Wildman–Crippen LogP) is 4.69. The molecule has 7 nitrogen and oxygen atoms in total. The van der Waals surface area contributed by atoms with Gasteiger partial charge in [-0.1, -0.05) is 12.1 Å². The zero-order valence-corrected chi connectivity index (χ0v) is 15.6. The van der Waals surface area contributed by atoms with Crippen molar-refractivity contribution in [2.24, 2.45) is 0 Å². The summed E-state index contributed by atoms with van der Waals surface area (Å²) in [7, 11) is 0. The number of aromatic nitrogens is 1. The first-order valence-electron chi connectivity index (χ1n) is 8.49. The number of alkyl halides is 3. The first kappa shape index (κ1) is 20.5. The summed E-state index contributed by atoms with van der Waals surface area (Å²) in [5, 5.41) is 11.9. The number of amides is 1. The van der Waals surface area contributed by atoms with Gasteiger partial charge in [0.05, 0.1) is 25.7 Å².